The van der Waals surface area contributed by atoms with Gasteiger partial charge in [-0.15, -0.1) is 24.8 Å². The van der Waals surface area contributed by atoms with Gasteiger partial charge in [-0.05, 0) is 30.9 Å². The Morgan fingerprint density at radius 3 is 2.39 bits per heavy atom. The van der Waals surface area contributed by atoms with Crippen molar-refractivity contribution in [1.82, 2.24) is 4.90 Å². The number of hydrogen-bond acceptors (Lipinski definition) is 3. The van der Waals surface area contributed by atoms with Crippen molar-refractivity contribution in [1.29, 1.82) is 0 Å². The third kappa shape index (κ3) is 5.60. The van der Waals surface area contributed by atoms with Crippen molar-refractivity contribution in [3.63, 3.8) is 0 Å². The van der Waals surface area contributed by atoms with Crippen LogP contribution < -0.4 is 15.4 Å². The maximum absolute atomic E-state index is 13.3. The number of likely N-dealkylation sites (tertiary alicyclic amines) is 1. The first kappa shape index (κ1) is 24.2. The maximum atomic E-state index is 13.3. The number of hydrogen-bond donors (Lipinski definition) is 1. The van der Waals surface area contributed by atoms with E-state index in [1.165, 1.54) is 6.42 Å². The number of nitrogens with two attached hydrogens (primary N) is 1. The largest absolute Gasteiger partial charge is 0.494 e. The van der Waals surface area contributed by atoms with Crippen molar-refractivity contribution in [2.75, 3.05) is 30.8 Å². The third-order valence-electron chi connectivity index (χ3n) is 4.63. The zero-order chi connectivity index (χ0) is 18.5. The van der Waals surface area contributed by atoms with E-state index in [1.807, 2.05) is 35.2 Å². The van der Waals surface area contributed by atoms with Crippen molar-refractivity contribution >= 4 is 53.8 Å². The fourth-order valence-corrected chi connectivity index (χ4v) is 3.37. The van der Waals surface area contributed by atoms with E-state index < -0.39 is 0 Å². The topological polar surface area (TPSA) is 58.8 Å². The van der Waals surface area contributed by atoms with Gasteiger partial charge in [-0.1, -0.05) is 41.9 Å². The molecule has 0 unspecified atom stereocenters. The molecular formula is C20H26Cl3N3O2. The quantitative estimate of drug-likeness (QED) is 0.641. The summed E-state index contributed by atoms with van der Waals surface area (Å²) >= 11 is 6.25. The summed E-state index contributed by atoms with van der Waals surface area (Å²) in [5.74, 6) is 0.535. The second-order valence-corrected chi connectivity index (χ2v) is 6.85. The lowest BCUT2D eigenvalue weighted by Gasteiger charge is -2.34. The number of carbonyl (C=O) groups excluding carboxylic acids is 1. The molecule has 1 heterocycles. The van der Waals surface area contributed by atoms with Crippen LogP contribution in [0.5, 0.6) is 5.75 Å². The van der Waals surface area contributed by atoms with Gasteiger partial charge in [0.25, 0.3) is 0 Å². The summed E-state index contributed by atoms with van der Waals surface area (Å²) in [4.78, 5) is 16.9. The van der Waals surface area contributed by atoms with Crippen molar-refractivity contribution in [2.45, 2.75) is 25.8 Å². The van der Waals surface area contributed by atoms with Crippen LogP contribution in [-0.2, 0) is 6.54 Å². The lowest BCUT2D eigenvalue weighted by molar-refractivity contribution is 0.192. The molecule has 0 aliphatic carbocycles. The molecule has 2 aromatic carbocycles. The summed E-state index contributed by atoms with van der Waals surface area (Å²) in [6.07, 6.45) is 3.23. The molecular weight excluding hydrogens is 421 g/mol. The molecule has 0 aromatic heterocycles. The van der Waals surface area contributed by atoms with Gasteiger partial charge in [0.1, 0.15) is 5.75 Å². The van der Waals surface area contributed by atoms with Crippen molar-refractivity contribution in [3.8, 4) is 5.75 Å². The molecule has 2 N–H and O–H groups in total. The average molecular weight is 447 g/mol. The van der Waals surface area contributed by atoms with Gasteiger partial charge in [0.05, 0.1) is 30.1 Å². The molecule has 28 heavy (non-hydrogen) atoms. The number of ether oxygens (including phenoxy) is 1. The van der Waals surface area contributed by atoms with E-state index in [2.05, 4.69) is 0 Å². The molecule has 154 valence electrons. The van der Waals surface area contributed by atoms with Crippen LogP contribution in [0.1, 0.15) is 24.8 Å². The normalized spacial score (nSPS) is 13.1. The molecule has 1 aliphatic heterocycles. The highest BCUT2D eigenvalue weighted by molar-refractivity contribution is 6.33. The predicted octanol–water partition coefficient (Wildman–Crippen LogP) is 5.39. The molecule has 0 saturated carbocycles. The average Bonchev–Trinajstić information content (AvgIpc) is 2.69. The highest BCUT2D eigenvalue weighted by atomic mass is 35.5. The van der Waals surface area contributed by atoms with Crippen molar-refractivity contribution in [2.24, 2.45) is 0 Å². The Morgan fingerprint density at radius 1 is 1.14 bits per heavy atom. The summed E-state index contributed by atoms with van der Waals surface area (Å²) in [5, 5.41) is 0.408. The number of rotatable bonds is 4. The minimum atomic E-state index is -0.0345. The Balaban J connectivity index is 0.00000196. The van der Waals surface area contributed by atoms with Gasteiger partial charge in [-0.2, -0.15) is 0 Å². The predicted molar refractivity (Wildman–Crippen MR) is 120 cm³/mol. The van der Waals surface area contributed by atoms with E-state index in [1.54, 1.807) is 24.1 Å². The van der Waals surface area contributed by atoms with Crippen LogP contribution in [0.4, 0.5) is 16.2 Å². The Labute approximate surface area is 183 Å². The van der Waals surface area contributed by atoms with E-state index in [-0.39, 0.29) is 30.8 Å². The van der Waals surface area contributed by atoms with Crippen molar-refractivity contribution in [3.05, 3.63) is 53.1 Å². The van der Waals surface area contributed by atoms with Gasteiger partial charge < -0.3 is 15.4 Å². The van der Waals surface area contributed by atoms with Crippen LogP contribution in [-0.4, -0.2) is 31.1 Å². The molecule has 5 nitrogen and oxygen atoms in total. The molecule has 2 aromatic rings. The van der Waals surface area contributed by atoms with Crippen LogP contribution in [0.25, 0.3) is 0 Å². The van der Waals surface area contributed by atoms with Crippen molar-refractivity contribution < 1.29 is 9.53 Å². The van der Waals surface area contributed by atoms with Crippen LogP contribution >= 0.6 is 36.4 Å². The first-order valence-corrected chi connectivity index (χ1v) is 9.21. The Hall–Kier alpha value is -1.82. The first-order valence-electron chi connectivity index (χ1n) is 8.83. The fourth-order valence-electron chi connectivity index (χ4n) is 3.21. The Morgan fingerprint density at radius 2 is 1.79 bits per heavy atom. The lowest BCUT2D eigenvalue weighted by atomic mass is 10.1. The minimum Gasteiger partial charge on any atom is -0.494 e. The van der Waals surface area contributed by atoms with Crippen LogP contribution in [0.3, 0.4) is 0 Å². The lowest BCUT2D eigenvalue weighted by Crippen LogP contribution is -2.45. The number of piperidine rings is 1. The fraction of sp³-hybridized carbons (Fsp3) is 0.350. The maximum Gasteiger partial charge on any atom is 0.324 e. The van der Waals surface area contributed by atoms with Crippen LogP contribution in [0.2, 0.25) is 5.02 Å². The highest BCUT2D eigenvalue weighted by Gasteiger charge is 2.27. The Kier molecular flexibility index (Phi) is 9.73. The number of nitrogens with zero attached hydrogens (tertiary/aromatic N) is 2. The van der Waals surface area contributed by atoms with Crippen LogP contribution in [0.15, 0.2) is 42.5 Å². The zero-order valence-corrected chi connectivity index (χ0v) is 18.2. The first-order chi connectivity index (χ1) is 12.6. The summed E-state index contributed by atoms with van der Waals surface area (Å²) in [5.41, 5.74) is 8.00. The molecule has 1 aliphatic rings. The van der Waals surface area contributed by atoms with Gasteiger partial charge in [0.15, 0.2) is 0 Å². The van der Waals surface area contributed by atoms with Gasteiger partial charge in [0, 0.05) is 19.2 Å². The number of halogens is 3. The molecule has 0 radical (unpaired) electrons. The summed E-state index contributed by atoms with van der Waals surface area (Å²) in [6.45, 7) is 1.98. The van der Waals surface area contributed by atoms with Gasteiger partial charge >= 0.3 is 6.03 Å². The third-order valence-corrected chi connectivity index (χ3v) is 4.96. The number of nitrogen functional groups attached to an aromatic ring is 1. The molecule has 8 heteroatoms. The zero-order valence-electron chi connectivity index (χ0n) is 15.8. The standard InChI is InChI=1S/C20H24ClN3O2.2ClH/c1-26-19-13-17(22)16(21)12-18(19)24(14-15-8-4-2-5-9-15)20(25)23-10-6-3-7-11-23;;/h2,4-5,8-9,12-13H,3,6-7,10-11,14,22H2,1H3;2*1H. The van der Waals surface area contributed by atoms with Gasteiger partial charge in [0.2, 0.25) is 0 Å². The molecule has 0 atom stereocenters. The van der Waals surface area contributed by atoms with Gasteiger partial charge in [-0.25, -0.2) is 4.79 Å². The number of carbonyl (C=O) groups is 1. The Bertz CT molecular complexity index is 769. The van der Waals surface area contributed by atoms with E-state index in [0.29, 0.717) is 28.7 Å². The van der Waals surface area contributed by atoms with E-state index in [4.69, 9.17) is 22.1 Å². The van der Waals surface area contributed by atoms with E-state index >= 15 is 0 Å². The molecule has 0 bridgehead atoms. The molecule has 3 rings (SSSR count). The second kappa shape index (κ2) is 11.2. The van der Waals surface area contributed by atoms with E-state index in [9.17, 15) is 4.79 Å². The molecule has 1 fully saturated rings. The number of methoxy groups -OCH3 is 1. The smallest absolute Gasteiger partial charge is 0.324 e. The van der Waals surface area contributed by atoms with Gasteiger partial charge in [-0.3, -0.25) is 4.90 Å². The number of anilines is 2. The summed E-state index contributed by atoms with van der Waals surface area (Å²) in [6, 6.07) is 13.2. The monoisotopic (exact) mass is 445 g/mol. The number of benzene rings is 2. The minimum absolute atomic E-state index is 0. The van der Waals surface area contributed by atoms with E-state index in [0.717, 1.165) is 31.5 Å². The molecule has 1 saturated heterocycles. The van der Waals surface area contributed by atoms with Crippen LogP contribution in [0, 0.1) is 0 Å². The summed E-state index contributed by atoms with van der Waals surface area (Å²) < 4.78 is 5.49. The highest BCUT2D eigenvalue weighted by Crippen LogP contribution is 2.37. The summed E-state index contributed by atoms with van der Waals surface area (Å²) in [7, 11) is 1.57. The molecule has 0 spiro atoms. The number of amides is 2. The number of urea groups is 1. The molecule has 2 amide bonds. The second-order valence-electron chi connectivity index (χ2n) is 6.45. The SMILES string of the molecule is COc1cc(N)c(Cl)cc1N(Cc1ccccc1)C(=O)N1CCCCC1.Cl.Cl.